The summed E-state index contributed by atoms with van der Waals surface area (Å²) in [6, 6.07) is 0.640. The van der Waals surface area contributed by atoms with Gasteiger partial charge in [0.2, 0.25) is 5.91 Å². The van der Waals surface area contributed by atoms with E-state index in [1.54, 1.807) is 11.8 Å². The molecule has 0 radical (unpaired) electrons. The summed E-state index contributed by atoms with van der Waals surface area (Å²) in [6.45, 7) is 5.19. The van der Waals surface area contributed by atoms with Crippen LogP contribution in [0.3, 0.4) is 0 Å². The molecule has 152 valence electrons. The van der Waals surface area contributed by atoms with E-state index in [4.69, 9.17) is 4.74 Å². The molecule has 3 fully saturated rings. The van der Waals surface area contributed by atoms with E-state index in [1.807, 2.05) is 0 Å². The Morgan fingerprint density at radius 2 is 1.78 bits per heavy atom. The number of amides is 3. The molecule has 3 aliphatic rings. The Labute approximate surface area is 161 Å². The number of rotatable bonds is 6. The molecule has 0 unspecified atom stereocenters. The minimum absolute atomic E-state index is 0.0868. The molecule has 2 heterocycles. The fourth-order valence-electron chi connectivity index (χ4n) is 4.00. The Hall–Kier alpha value is -1.83. The topological polar surface area (TPSA) is 91.0 Å². The van der Waals surface area contributed by atoms with Crippen LogP contribution in [0.25, 0.3) is 0 Å². The highest BCUT2D eigenvalue weighted by molar-refractivity contribution is 5.81. The molecule has 0 aromatic carbocycles. The van der Waals surface area contributed by atoms with E-state index in [1.165, 1.54) is 0 Å². The van der Waals surface area contributed by atoms with Crippen LogP contribution in [0.2, 0.25) is 0 Å². The van der Waals surface area contributed by atoms with Crippen molar-refractivity contribution in [2.45, 2.75) is 57.5 Å². The van der Waals surface area contributed by atoms with Crippen molar-refractivity contribution >= 4 is 17.9 Å². The number of ether oxygens (including phenoxy) is 1. The van der Waals surface area contributed by atoms with Crippen molar-refractivity contribution in [3.63, 3.8) is 0 Å². The summed E-state index contributed by atoms with van der Waals surface area (Å²) < 4.78 is 4.82. The Bertz CT molecular complexity index is 544. The number of nitrogens with zero attached hydrogens (tertiary/aromatic N) is 2. The van der Waals surface area contributed by atoms with E-state index >= 15 is 0 Å². The first-order chi connectivity index (χ1) is 13.1. The Balaban J connectivity index is 1.39. The number of esters is 1. The number of piperidine rings is 2. The van der Waals surface area contributed by atoms with Crippen LogP contribution in [0.5, 0.6) is 0 Å². The summed E-state index contributed by atoms with van der Waals surface area (Å²) in [5.74, 6) is -0.0900. The van der Waals surface area contributed by atoms with Crippen molar-refractivity contribution in [1.29, 1.82) is 0 Å². The highest BCUT2D eigenvalue weighted by Gasteiger charge is 2.34. The minimum Gasteiger partial charge on any atom is -0.465 e. The van der Waals surface area contributed by atoms with Gasteiger partial charge in [0.1, 0.15) is 6.54 Å². The zero-order valence-corrected chi connectivity index (χ0v) is 16.2. The van der Waals surface area contributed by atoms with Crippen molar-refractivity contribution in [2.75, 3.05) is 39.3 Å². The van der Waals surface area contributed by atoms with Gasteiger partial charge in [-0.15, -0.1) is 0 Å². The lowest BCUT2D eigenvalue weighted by Crippen LogP contribution is -2.53. The highest BCUT2D eigenvalue weighted by atomic mass is 16.5. The number of likely N-dealkylation sites (tertiary alicyclic amines) is 2. The summed E-state index contributed by atoms with van der Waals surface area (Å²) in [7, 11) is 0. The molecule has 8 heteroatoms. The van der Waals surface area contributed by atoms with Crippen LogP contribution in [0.4, 0.5) is 4.79 Å². The van der Waals surface area contributed by atoms with Crippen molar-refractivity contribution < 1.29 is 19.1 Å². The largest absolute Gasteiger partial charge is 0.465 e. The van der Waals surface area contributed by atoms with Gasteiger partial charge in [0.15, 0.2) is 0 Å². The second kappa shape index (κ2) is 9.39. The Morgan fingerprint density at radius 3 is 2.44 bits per heavy atom. The summed E-state index contributed by atoms with van der Waals surface area (Å²) in [5.41, 5.74) is 0. The predicted octanol–water partition coefficient (Wildman–Crippen LogP) is 0.714. The lowest BCUT2D eigenvalue weighted by atomic mass is 9.93. The molecular formula is C19H32N4O4. The second-order valence-corrected chi connectivity index (χ2v) is 7.80. The summed E-state index contributed by atoms with van der Waals surface area (Å²) >= 11 is 0. The fourth-order valence-corrected chi connectivity index (χ4v) is 4.00. The maximum atomic E-state index is 12.4. The molecule has 3 amide bonds. The van der Waals surface area contributed by atoms with Crippen LogP contribution in [-0.2, 0) is 14.3 Å². The van der Waals surface area contributed by atoms with Crippen LogP contribution in [0.15, 0.2) is 0 Å². The molecule has 1 atom stereocenters. The van der Waals surface area contributed by atoms with Crippen molar-refractivity contribution in [2.24, 2.45) is 5.92 Å². The van der Waals surface area contributed by atoms with Crippen LogP contribution in [0.1, 0.15) is 45.4 Å². The number of hydrogen-bond acceptors (Lipinski definition) is 5. The molecule has 0 spiro atoms. The molecular weight excluding hydrogens is 348 g/mol. The molecule has 1 aliphatic carbocycles. The molecule has 1 saturated carbocycles. The summed E-state index contributed by atoms with van der Waals surface area (Å²) in [4.78, 5) is 40.1. The summed E-state index contributed by atoms with van der Waals surface area (Å²) in [6.07, 6.45) is 6.10. The molecule has 2 aliphatic heterocycles. The average molecular weight is 380 g/mol. The third-order valence-corrected chi connectivity index (χ3v) is 5.70. The van der Waals surface area contributed by atoms with E-state index in [2.05, 4.69) is 15.5 Å². The van der Waals surface area contributed by atoms with Gasteiger partial charge in [-0.25, -0.2) is 4.79 Å². The lowest BCUT2D eigenvalue weighted by Gasteiger charge is -2.42. The normalized spacial score (nSPS) is 24.3. The number of carbonyl (C=O) groups is 3. The van der Waals surface area contributed by atoms with Gasteiger partial charge < -0.3 is 20.3 Å². The predicted molar refractivity (Wildman–Crippen MR) is 100 cm³/mol. The van der Waals surface area contributed by atoms with E-state index < -0.39 is 5.97 Å². The van der Waals surface area contributed by atoms with Gasteiger partial charge in [0, 0.05) is 31.7 Å². The van der Waals surface area contributed by atoms with Gasteiger partial charge in [0.05, 0.1) is 12.5 Å². The van der Waals surface area contributed by atoms with Crippen LogP contribution < -0.4 is 10.6 Å². The standard InChI is InChI=1S/C19H32N4O4/c1-2-27-17(24)12-20-19(26)22-10-7-16(8-11-22)23-9-3-4-14(13-23)18(25)21-15-5-6-15/h14-16H,2-13H2,1H3,(H,20,26)(H,21,25)/t14-/m1/s1. The Kier molecular flexibility index (Phi) is 6.93. The molecule has 2 N–H and O–H groups in total. The van der Waals surface area contributed by atoms with Gasteiger partial charge in [0.25, 0.3) is 0 Å². The van der Waals surface area contributed by atoms with Crippen molar-refractivity contribution in [1.82, 2.24) is 20.4 Å². The third kappa shape index (κ3) is 5.82. The van der Waals surface area contributed by atoms with Gasteiger partial charge in [-0.1, -0.05) is 0 Å². The molecule has 3 rings (SSSR count). The first-order valence-corrected chi connectivity index (χ1v) is 10.3. The maximum absolute atomic E-state index is 12.4. The number of carbonyl (C=O) groups excluding carboxylic acids is 3. The van der Waals surface area contributed by atoms with Gasteiger partial charge in [-0.3, -0.25) is 14.5 Å². The quantitative estimate of drug-likeness (QED) is 0.663. The Morgan fingerprint density at radius 1 is 1.04 bits per heavy atom. The van der Waals surface area contributed by atoms with E-state index in [0.29, 0.717) is 31.8 Å². The first-order valence-electron chi connectivity index (χ1n) is 10.3. The van der Waals surface area contributed by atoms with E-state index in [9.17, 15) is 14.4 Å². The third-order valence-electron chi connectivity index (χ3n) is 5.70. The molecule has 8 nitrogen and oxygen atoms in total. The zero-order valence-electron chi connectivity index (χ0n) is 16.2. The second-order valence-electron chi connectivity index (χ2n) is 7.80. The monoisotopic (exact) mass is 380 g/mol. The van der Waals surface area contributed by atoms with Crippen LogP contribution in [-0.4, -0.2) is 79.1 Å². The molecule has 2 saturated heterocycles. The number of hydrogen-bond donors (Lipinski definition) is 2. The molecule has 0 bridgehead atoms. The van der Waals surface area contributed by atoms with Crippen molar-refractivity contribution in [3.05, 3.63) is 0 Å². The van der Waals surface area contributed by atoms with E-state index in [-0.39, 0.29) is 24.4 Å². The van der Waals surface area contributed by atoms with Gasteiger partial charge in [-0.05, 0) is 52.0 Å². The smallest absolute Gasteiger partial charge is 0.325 e. The average Bonchev–Trinajstić information content (AvgIpc) is 3.50. The van der Waals surface area contributed by atoms with E-state index in [0.717, 1.165) is 51.6 Å². The van der Waals surface area contributed by atoms with Crippen LogP contribution in [0, 0.1) is 5.92 Å². The van der Waals surface area contributed by atoms with Crippen LogP contribution >= 0.6 is 0 Å². The fraction of sp³-hybridized carbons (Fsp3) is 0.842. The minimum atomic E-state index is -0.412. The highest BCUT2D eigenvalue weighted by Crippen LogP contribution is 2.25. The number of nitrogens with one attached hydrogen (secondary N) is 2. The molecule has 0 aromatic heterocycles. The lowest BCUT2D eigenvalue weighted by molar-refractivity contribution is -0.141. The first kappa shape index (κ1) is 19.9. The maximum Gasteiger partial charge on any atom is 0.325 e. The SMILES string of the molecule is CCOC(=O)CNC(=O)N1CCC(N2CCC[C@@H](C(=O)NC3CC3)C2)CC1. The summed E-state index contributed by atoms with van der Waals surface area (Å²) in [5, 5.41) is 5.76. The van der Waals surface area contributed by atoms with Gasteiger partial charge in [-0.2, -0.15) is 0 Å². The molecule has 0 aromatic rings. The number of urea groups is 1. The van der Waals surface area contributed by atoms with Crippen molar-refractivity contribution in [3.8, 4) is 0 Å². The zero-order chi connectivity index (χ0) is 19.2. The van der Waals surface area contributed by atoms with Gasteiger partial charge >= 0.3 is 12.0 Å². The molecule has 27 heavy (non-hydrogen) atoms.